The number of rotatable bonds is 5. The Labute approximate surface area is 177 Å². The summed E-state index contributed by atoms with van der Waals surface area (Å²) in [7, 11) is 7.06. The molecule has 1 aromatic heterocycles. The fraction of sp³-hybridized carbons (Fsp3) is 0.370. The second-order valence-electron chi connectivity index (χ2n) is 8.79. The van der Waals surface area contributed by atoms with E-state index in [2.05, 4.69) is 67.4 Å². The molecule has 2 heteroatoms. The molecule has 1 heterocycles. The van der Waals surface area contributed by atoms with Crippen LogP contribution >= 0.6 is 0 Å². The lowest BCUT2D eigenvalue weighted by Crippen LogP contribution is -2.41. The smallest absolute Gasteiger partial charge is 0.0814 e. The van der Waals surface area contributed by atoms with E-state index in [-0.39, 0.29) is 5.31 Å². The predicted octanol–water partition coefficient (Wildman–Crippen LogP) is 7.02. The number of hydrogen-bond acceptors (Lipinski definition) is 1. The second-order valence-corrected chi connectivity index (χ2v) is 8.79. The molecule has 1 aliphatic rings. The topological polar surface area (TPSA) is 12.9 Å². The highest BCUT2D eigenvalue weighted by Crippen LogP contribution is 2.46. The molecule has 3 atom stereocenters. The van der Waals surface area contributed by atoms with Crippen molar-refractivity contribution in [2.24, 2.45) is 11.8 Å². The maximum Gasteiger partial charge on any atom is 0.0814 e. The minimum absolute atomic E-state index is 0.193. The highest BCUT2D eigenvalue weighted by Gasteiger charge is 2.39. The van der Waals surface area contributed by atoms with E-state index in [1.54, 1.807) is 0 Å². The number of hydrogen-bond donors (Lipinski definition) is 0. The summed E-state index contributed by atoms with van der Waals surface area (Å²) in [6.07, 6.45) is 8.03. The normalized spacial score (nSPS) is 24.3. The Morgan fingerprint density at radius 1 is 0.897 bits per heavy atom. The third kappa shape index (κ3) is 4.17. The number of aromatic nitrogens is 1. The van der Waals surface area contributed by atoms with Crippen molar-refractivity contribution in [1.29, 1.82) is 0 Å². The first kappa shape index (κ1) is 19.9. The fourth-order valence-electron chi connectivity index (χ4n) is 5.01. The van der Waals surface area contributed by atoms with Gasteiger partial charge in [-0.3, -0.25) is 4.98 Å². The van der Waals surface area contributed by atoms with Gasteiger partial charge < -0.3 is 0 Å². The van der Waals surface area contributed by atoms with Gasteiger partial charge in [0.05, 0.1) is 13.5 Å². The maximum absolute atomic E-state index is 7.06. The summed E-state index contributed by atoms with van der Waals surface area (Å²) in [6, 6.07) is 23.5. The first-order valence-electron chi connectivity index (χ1n) is 11.0. The molecule has 3 aromatic rings. The summed E-state index contributed by atoms with van der Waals surface area (Å²) in [5, 5.41) is -0.193. The van der Waals surface area contributed by atoms with Crippen LogP contribution in [0.5, 0.6) is 0 Å². The van der Waals surface area contributed by atoms with Crippen LogP contribution < -0.4 is 0 Å². The number of nitrogens with zero attached hydrogens (tertiary/aromatic N) is 1. The lowest BCUT2D eigenvalue weighted by molar-refractivity contribution is 0.202. The Bertz CT molecular complexity index is 917. The van der Waals surface area contributed by atoms with Gasteiger partial charge in [-0.1, -0.05) is 106 Å². The van der Waals surface area contributed by atoms with E-state index in [1.807, 2.05) is 24.4 Å². The zero-order valence-electron chi connectivity index (χ0n) is 17.6. The molecule has 29 heavy (non-hydrogen) atoms. The van der Waals surface area contributed by atoms with Gasteiger partial charge >= 0.3 is 0 Å². The van der Waals surface area contributed by atoms with E-state index in [1.165, 1.54) is 36.8 Å². The van der Waals surface area contributed by atoms with Crippen LogP contribution in [-0.4, -0.2) is 12.8 Å². The van der Waals surface area contributed by atoms with Crippen LogP contribution in [0.2, 0.25) is 0 Å². The third-order valence-corrected chi connectivity index (χ3v) is 6.65. The van der Waals surface area contributed by atoms with E-state index < -0.39 is 0 Å². The van der Waals surface area contributed by atoms with Gasteiger partial charge in [0.25, 0.3) is 0 Å². The van der Waals surface area contributed by atoms with Gasteiger partial charge in [-0.15, -0.1) is 0 Å². The first-order chi connectivity index (χ1) is 14.1. The van der Waals surface area contributed by atoms with E-state index in [4.69, 9.17) is 7.85 Å². The molecule has 0 N–H and O–H groups in total. The van der Waals surface area contributed by atoms with Crippen LogP contribution in [0, 0.1) is 11.8 Å². The SMILES string of the molecule is [B]C1(c2ccc(-c3ccc(-c4ccccc4)nc3)cc2)CC(C)CCC1CCC. The summed E-state index contributed by atoms with van der Waals surface area (Å²) < 4.78 is 0. The predicted molar refractivity (Wildman–Crippen MR) is 124 cm³/mol. The van der Waals surface area contributed by atoms with Crippen LogP contribution in [0.25, 0.3) is 22.4 Å². The van der Waals surface area contributed by atoms with Crippen LogP contribution in [0.3, 0.4) is 0 Å². The summed E-state index contributed by atoms with van der Waals surface area (Å²) in [5.41, 5.74) is 5.78. The number of benzene rings is 2. The van der Waals surface area contributed by atoms with Crippen LogP contribution in [0.1, 0.15) is 51.5 Å². The van der Waals surface area contributed by atoms with E-state index in [0.717, 1.165) is 23.2 Å². The van der Waals surface area contributed by atoms with Crippen LogP contribution in [0.4, 0.5) is 0 Å². The molecule has 4 rings (SSSR count). The monoisotopic (exact) mass is 379 g/mol. The van der Waals surface area contributed by atoms with Crippen molar-refractivity contribution >= 4 is 7.85 Å². The van der Waals surface area contributed by atoms with E-state index >= 15 is 0 Å². The molecule has 0 spiro atoms. The molecule has 0 aliphatic heterocycles. The third-order valence-electron chi connectivity index (χ3n) is 6.65. The molecule has 0 saturated heterocycles. The summed E-state index contributed by atoms with van der Waals surface area (Å²) in [5.74, 6) is 1.28. The highest BCUT2D eigenvalue weighted by atomic mass is 14.7. The Morgan fingerprint density at radius 2 is 1.62 bits per heavy atom. The van der Waals surface area contributed by atoms with Crippen molar-refractivity contribution in [1.82, 2.24) is 4.98 Å². The summed E-state index contributed by atoms with van der Waals surface area (Å²) >= 11 is 0. The molecule has 1 saturated carbocycles. The van der Waals surface area contributed by atoms with Gasteiger partial charge in [0.15, 0.2) is 0 Å². The molecule has 1 nitrogen and oxygen atoms in total. The van der Waals surface area contributed by atoms with Gasteiger partial charge in [0.2, 0.25) is 0 Å². The summed E-state index contributed by atoms with van der Waals surface area (Å²) in [4.78, 5) is 4.67. The molecule has 2 radical (unpaired) electrons. The molecule has 2 aromatic carbocycles. The maximum atomic E-state index is 7.06. The minimum atomic E-state index is -0.193. The molecule has 0 amide bonds. The second kappa shape index (κ2) is 8.57. The minimum Gasteiger partial charge on any atom is -0.256 e. The zero-order chi connectivity index (χ0) is 20.3. The molecule has 146 valence electrons. The largest absolute Gasteiger partial charge is 0.256 e. The molecule has 1 fully saturated rings. The van der Waals surface area contributed by atoms with Crippen molar-refractivity contribution in [3.63, 3.8) is 0 Å². The number of pyridine rings is 1. The van der Waals surface area contributed by atoms with Gasteiger partial charge in [-0.25, -0.2) is 0 Å². The first-order valence-corrected chi connectivity index (χ1v) is 11.0. The highest BCUT2D eigenvalue weighted by molar-refractivity contribution is 6.16. The van der Waals surface area contributed by atoms with E-state index in [0.29, 0.717) is 11.8 Å². The lowest BCUT2D eigenvalue weighted by atomic mass is 9.49. The Balaban J connectivity index is 1.57. The Kier molecular flexibility index (Phi) is 5.90. The van der Waals surface area contributed by atoms with Crippen molar-refractivity contribution < 1.29 is 0 Å². The van der Waals surface area contributed by atoms with Gasteiger partial charge in [-0.2, -0.15) is 0 Å². The van der Waals surface area contributed by atoms with Crippen molar-refractivity contribution in [3.8, 4) is 22.4 Å². The Hall–Kier alpha value is -2.35. The average molecular weight is 379 g/mol. The molecule has 0 bridgehead atoms. The van der Waals surface area contributed by atoms with E-state index in [9.17, 15) is 0 Å². The average Bonchev–Trinajstić information content (AvgIpc) is 2.77. The van der Waals surface area contributed by atoms with Gasteiger partial charge in [-0.05, 0) is 35.2 Å². The zero-order valence-corrected chi connectivity index (χ0v) is 17.6. The van der Waals surface area contributed by atoms with Crippen LogP contribution in [0.15, 0.2) is 72.9 Å². The molecular formula is C27H30BN. The quantitative estimate of drug-likeness (QED) is 0.434. The molecule has 3 unspecified atom stereocenters. The lowest BCUT2D eigenvalue weighted by Gasteiger charge is -2.45. The van der Waals surface area contributed by atoms with Crippen molar-refractivity contribution in [3.05, 3.63) is 78.5 Å². The van der Waals surface area contributed by atoms with Crippen molar-refractivity contribution in [2.75, 3.05) is 0 Å². The summed E-state index contributed by atoms with van der Waals surface area (Å²) in [6.45, 7) is 4.62. The van der Waals surface area contributed by atoms with Gasteiger partial charge in [0.1, 0.15) is 0 Å². The molecule has 1 aliphatic carbocycles. The molecular weight excluding hydrogens is 349 g/mol. The standard InChI is InChI=1S/C27H30BN/c1-3-7-24-14-10-20(2)18-27(24,28)25-15-11-21(12-16-25)23-13-17-26(29-19-23)22-8-5-4-6-9-22/h4-6,8-9,11-13,15-17,19-20,24H,3,7,10,14,18H2,1-2H3. The van der Waals surface area contributed by atoms with Gasteiger partial charge in [0, 0.05) is 17.3 Å². The Morgan fingerprint density at radius 3 is 2.28 bits per heavy atom. The van der Waals surface area contributed by atoms with Crippen molar-refractivity contribution in [2.45, 2.75) is 51.3 Å². The fourth-order valence-corrected chi connectivity index (χ4v) is 5.01. The van der Waals surface area contributed by atoms with Crippen LogP contribution in [-0.2, 0) is 5.31 Å².